The van der Waals surface area contributed by atoms with Gasteiger partial charge in [-0.05, 0) is 30.4 Å². The smallest absolute Gasteiger partial charge is 0.371 e. The van der Waals surface area contributed by atoms with E-state index in [0.717, 1.165) is 18.4 Å². The highest BCUT2D eigenvalue weighted by Crippen LogP contribution is 2.12. The lowest BCUT2D eigenvalue weighted by atomic mass is 10.0. The normalized spacial score (nSPS) is 10.7. The summed E-state index contributed by atoms with van der Waals surface area (Å²) in [6.45, 7) is 4.27. The molecule has 0 amide bonds. The van der Waals surface area contributed by atoms with Crippen molar-refractivity contribution in [2.75, 3.05) is 0 Å². The van der Waals surface area contributed by atoms with Crippen LogP contribution in [0, 0.1) is 5.92 Å². The summed E-state index contributed by atoms with van der Waals surface area (Å²) in [7, 11) is 0. The summed E-state index contributed by atoms with van der Waals surface area (Å²) in [6, 6.07) is 1.59. The summed E-state index contributed by atoms with van der Waals surface area (Å²) >= 11 is 0. The van der Waals surface area contributed by atoms with Crippen LogP contribution < -0.4 is 0 Å². The van der Waals surface area contributed by atoms with Crippen molar-refractivity contribution < 1.29 is 14.3 Å². The van der Waals surface area contributed by atoms with E-state index in [9.17, 15) is 4.79 Å². The number of carboxylic acid groups (broad SMARTS) is 1. The molecule has 3 nitrogen and oxygen atoms in total. The van der Waals surface area contributed by atoms with Crippen LogP contribution in [0.15, 0.2) is 16.7 Å². The van der Waals surface area contributed by atoms with Crippen molar-refractivity contribution in [3.05, 3.63) is 23.7 Å². The van der Waals surface area contributed by atoms with Crippen LogP contribution in [0.1, 0.15) is 36.4 Å². The zero-order chi connectivity index (χ0) is 9.84. The van der Waals surface area contributed by atoms with Gasteiger partial charge >= 0.3 is 5.97 Å². The molecule has 0 bridgehead atoms. The number of aromatic carboxylic acids is 1. The molecule has 1 rings (SSSR count). The molecule has 3 heteroatoms. The van der Waals surface area contributed by atoms with E-state index in [2.05, 4.69) is 13.8 Å². The van der Waals surface area contributed by atoms with Gasteiger partial charge in [-0.25, -0.2) is 4.79 Å². The second-order valence-corrected chi connectivity index (χ2v) is 3.56. The summed E-state index contributed by atoms with van der Waals surface area (Å²) in [4.78, 5) is 10.5. The second-order valence-electron chi connectivity index (χ2n) is 3.56. The Kier molecular flexibility index (Phi) is 3.12. The van der Waals surface area contributed by atoms with E-state index in [1.165, 1.54) is 6.26 Å². The largest absolute Gasteiger partial charge is 0.475 e. The summed E-state index contributed by atoms with van der Waals surface area (Å²) in [5.74, 6) is -0.349. The van der Waals surface area contributed by atoms with E-state index < -0.39 is 5.97 Å². The van der Waals surface area contributed by atoms with Crippen molar-refractivity contribution >= 4 is 5.97 Å². The topological polar surface area (TPSA) is 50.4 Å². The average molecular weight is 182 g/mol. The minimum atomic E-state index is -1.00. The third-order valence-corrected chi connectivity index (χ3v) is 1.87. The Hall–Kier alpha value is -1.25. The van der Waals surface area contributed by atoms with Crippen LogP contribution in [0.3, 0.4) is 0 Å². The van der Waals surface area contributed by atoms with Crippen LogP contribution in [-0.4, -0.2) is 11.1 Å². The number of rotatable bonds is 4. The number of carboxylic acids is 1. The first-order valence-electron chi connectivity index (χ1n) is 4.40. The fourth-order valence-corrected chi connectivity index (χ4v) is 1.07. The molecule has 72 valence electrons. The molecule has 0 spiro atoms. The summed E-state index contributed by atoms with van der Waals surface area (Å²) in [6.07, 6.45) is 3.46. The molecule has 1 heterocycles. The van der Waals surface area contributed by atoms with Gasteiger partial charge in [-0.1, -0.05) is 13.8 Å². The lowest BCUT2D eigenvalue weighted by Gasteiger charge is -2.00. The Morgan fingerprint density at radius 1 is 1.62 bits per heavy atom. The van der Waals surface area contributed by atoms with E-state index in [1.54, 1.807) is 6.07 Å². The molecule has 0 aliphatic heterocycles. The van der Waals surface area contributed by atoms with E-state index >= 15 is 0 Å². The quantitative estimate of drug-likeness (QED) is 0.778. The van der Waals surface area contributed by atoms with Gasteiger partial charge in [-0.2, -0.15) is 0 Å². The maximum absolute atomic E-state index is 10.5. The monoisotopic (exact) mass is 182 g/mol. The van der Waals surface area contributed by atoms with Crippen LogP contribution in [0.4, 0.5) is 0 Å². The third kappa shape index (κ3) is 2.93. The predicted molar refractivity (Wildman–Crippen MR) is 48.8 cm³/mol. The van der Waals surface area contributed by atoms with Gasteiger partial charge in [-0.3, -0.25) is 0 Å². The Balaban J connectivity index is 2.54. The fourth-order valence-electron chi connectivity index (χ4n) is 1.07. The molecule has 13 heavy (non-hydrogen) atoms. The molecule has 1 aromatic rings. The Morgan fingerprint density at radius 2 is 2.31 bits per heavy atom. The van der Waals surface area contributed by atoms with Crippen molar-refractivity contribution in [2.24, 2.45) is 5.92 Å². The molecule has 1 aromatic heterocycles. The number of furan rings is 1. The summed E-state index contributed by atoms with van der Waals surface area (Å²) in [5.41, 5.74) is 0.964. The molecule has 0 saturated carbocycles. The van der Waals surface area contributed by atoms with Crippen molar-refractivity contribution in [1.82, 2.24) is 0 Å². The molecule has 0 fully saturated rings. The van der Waals surface area contributed by atoms with Gasteiger partial charge in [0.1, 0.15) is 0 Å². The first-order valence-corrected chi connectivity index (χ1v) is 4.40. The number of hydrogen-bond acceptors (Lipinski definition) is 2. The maximum atomic E-state index is 10.5. The zero-order valence-corrected chi connectivity index (χ0v) is 7.91. The van der Waals surface area contributed by atoms with Crippen LogP contribution in [-0.2, 0) is 6.42 Å². The van der Waals surface area contributed by atoms with Gasteiger partial charge in [0.2, 0.25) is 5.76 Å². The Morgan fingerprint density at radius 3 is 2.77 bits per heavy atom. The van der Waals surface area contributed by atoms with E-state index in [1.807, 2.05) is 0 Å². The van der Waals surface area contributed by atoms with E-state index in [4.69, 9.17) is 9.52 Å². The fraction of sp³-hybridized carbons (Fsp3) is 0.500. The van der Waals surface area contributed by atoms with Gasteiger partial charge in [0.15, 0.2) is 0 Å². The van der Waals surface area contributed by atoms with Crippen molar-refractivity contribution in [2.45, 2.75) is 26.7 Å². The molecule has 0 unspecified atom stereocenters. The predicted octanol–water partition coefficient (Wildman–Crippen LogP) is 2.57. The van der Waals surface area contributed by atoms with E-state index in [-0.39, 0.29) is 5.76 Å². The van der Waals surface area contributed by atoms with Gasteiger partial charge < -0.3 is 9.52 Å². The first-order chi connectivity index (χ1) is 6.09. The highest BCUT2D eigenvalue weighted by atomic mass is 16.4. The summed E-state index contributed by atoms with van der Waals surface area (Å²) in [5, 5.41) is 8.58. The van der Waals surface area contributed by atoms with Gasteiger partial charge in [0.25, 0.3) is 0 Å². The van der Waals surface area contributed by atoms with Crippen LogP contribution in [0.2, 0.25) is 0 Å². The summed E-state index contributed by atoms with van der Waals surface area (Å²) < 4.78 is 4.86. The first kappa shape index (κ1) is 9.84. The van der Waals surface area contributed by atoms with Gasteiger partial charge in [0, 0.05) is 0 Å². The van der Waals surface area contributed by atoms with Crippen LogP contribution in [0.5, 0.6) is 0 Å². The minimum Gasteiger partial charge on any atom is -0.475 e. The molecule has 0 aliphatic carbocycles. The second kappa shape index (κ2) is 4.12. The Labute approximate surface area is 77.4 Å². The average Bonchev–Trinajstić information content (AvgIpc) is 2.48. The van der Waals surface area contributed by atoms with Gasteiger partial charge in [0.05, 0.1) is 6.26 Å². The SMILES string of the molecule is CC(C)CCc1coc(C(=O)O)c1. The van der Waals surface area contributed by atoms with Crippen molar-refractivity contribution in [3.8, 4) is 0 Å². The van der Waals surface area contributed by atoms with Crippen LogP contribution in [0.25, 0.3) is 0 Å². The Bertz CT molecular complexity index is 286. The van der Waals surface area contributed by atoms with Crippen molar-refractivity contribution in [1.29, 1.82) is 0 Å². The maximum Gasteiger partial charge on any atom is 0.371 e. The minimum absolute atomic E-state index is 0.0266. The zero-order valence-electron chi connectivity index (χ0n) is 7.91. The number of carbonyl (C=O) groups is 1. The van der Waals surface area contributed by atoms with Crippen LogP contribution >= 0.6 is 0 Å². The molecule has 1 N–H and O–H groups in total. The van der Waals surface area contributed by atoms with Gasteiger partial charge in [-0.15, -0.1) is 0 Å². The third-order valence-electron chi connectivity index (χ3n) is 1.87. The molecule has 0 saturated heterocycles. The standard InChI is InChI=1S/C10H14O3/c1-7(2)3-4-8-5-9(10(11)12)13-6-8/h5-7H,3-4H2,1-2H3,(H,11,12). The molecule has 0 radical (unpaired) electrons. The highest BCUT2D eigenvalue weighted by molar-refractivity contribution is 5.84. The van der Waals surface area contributed by atoms with Crippen molar-refractivity contribution in [3.63, 3.8) is 0 Å². The molecular formula is C10H14O3. The molecule has 0 aliphatic rings. The molecule has 0 atom stereocenters. The molecule has 0 aromatic carbocycles. The molecular weight excluding hydrogens is 168 g/mol. The highest BCUT2D eigenvalue weighted by Gasteiger charge is 2.08. The number of hydrogen-bond donors (Lipinski definition) is 1. The number of aryl methyl sites for hydroxylation is 1. The lowest BCUT2D eigenvalue weighted by molar-refractivity contribution is 0.0662. The van der Waals surface area contributed by atoms with E-state index in [0.29, 0.717) is 5.92 Å². The lowest BCUT2D eigenvalue weighted by Crippen LogP contribution is -1.93.